The smallest absolute Gasteiger partial charge is 0.243 e. The van der Waals surface area contributed by atoms with E-state index < -0.39 is 10.0 Å². The van der Waals surface area contributed by atoms with Crippen LogP contribution in [-0.2, 0) is 23.1 Å². The number of anilines is 1. The Morgan fingerprint density at radius 1 is 1.26 bits per heavy atom. The van der Waals surface area contributed by atoms with Gasteiger partial charge in [0.05, 0.1) is 11.4 Å². The number of imidazole rings is 1. The Morgan fingerprint density at radius 2 is 2.11 bits per heavy atom. The normalized spacial score (nSPS) is 16.2. The molecule has 2 heterocycles. The Hall–Kier alpha value is -1.86. The molecule has 2 N–H and O–H groups in total. The van der Waals surface area contributed by atoms with Gasteiger partial charge in [-0.1, -0.05) is 6.07 Å². The number of sulfonamides is 1. The summed E-state index contributed by atoms with van der Waals surface area (Å²) >= 11 is 0. The van der Waals surface area contributed by atoms with E-state index in [-0.39, 0.29) is 4.90 Å². The molecule has 0 saturated heterocycles. The third-order valence-corrected chi connectivity index (χ3v) is 5.05. The van der Waals surface area contributed by atoms with Crippen molar-refractivity contribution in [3.05, 3.63) is 42.5 Å². The van der Waals surface area contributed by atoms with E-state index in [0.29, 0.717) is 25.3 Å². The third kappa shape index (κ3) is 2.11. The average molecular weight is 278 g/mol. The van der Waals surface area contributed by atoms with Crippen LogP contribution in [0.4, 0.5) is 5.69 Å². The van der Waals surface area contributed by atoms with Crippen molar-refractivity contribution < 1.29 is 8.42 Å². The maximum atomic E-state index is 12.5. The summed E-state index contributed by atoms with van der Waals surface area (Å²) in [4.78, 5) is 4.39. The van der Waals surface area contributed by atoms with Crippen LogP contribution in [0.5, 0.6) is 0 Å². The molecule has 6 nitrogen and oxygen atoms in total. The van der Waals surface area contributed by atoms with Crippen LogP contribution in [0, 0.1) is 0 Å². The molecule has 0 unspecified atom stereocenters. The first-order valence-electron chi connectivity index (χ1n) is 5.93. The lowest BCUT2D eigenvalue weighted by molar-refractivity contribution is 0.335. The highest BCUT2D eigenvalue weighted by Gasteiger charge is 2.28. The molecule has 0 amide bonds. The molecule has 19 heavy (non-hydrogen) atoms. The summed E-state index contributed by atoms with van der Waals surface area (Å²) in [6.45, 7) is 1.36. The molecule has 3 rings (SSSR count). The van der Waals surface area contributed by atoms with Gasteiger partial charge in [-0.15, -0.1) is 0 Å². The zero-order valence-electron chi connectivity index (χ0n) is 10.2. The van der Waals surface area contributed by atoms with Crippen molar-refractivity contribution >= 4 is 15.7 Å². The van der Waals surface area contributed by atoms with Crippen LogP contribution in [-0.4, -0.2) is 28.8 Å². The van der Waals surface area contributed by atoms with Crippen molar-refractivity contribution in [2.24, 2.45) is 0 Å². The predicted molar refractivity (Wildman–Crippen MR) is 70.7 cm³/mol. The first-order chi connectivity index (χ1) is 9.07. The fourth-order valence-corrected chi connectivity index (χ4v) is 3.62. The van der Waals surface area contributed by atoms with E-state index in [9.17, 15) is 8.42 Å². The van der Waals surface area contributed by atoms with Gasteiger partial charge in [-0.2, -0.15) is 4.31 Å². The highest BCUT2D eigenvalue weighted by Crippen LogP contribution is 2.22. The molecular formula is C12H14N4O2S. The minimum atomic E-state index is -3.51. The van der Waals surface area contributed by atoms with Gasteiger partial charge < -0.3 is 10.3 Å². The minimum Gasteiger partial charge on any atom is -0.399 e. The summed E-state index contributed by atoms with van der Waals surface area (Å²) in [6.07, 6.45) is 3.55. The quantitative estimate of drug-likeness (QED) is 0.819. The van der Waals surface area contributed by atoms with Gasteiger partial charge in [-0.3, -0.25) is 0 Å². The summed E-state index contributed by atoms with van der Waals surface area (Å²) in [6, 6.07) is 6.36. The molecule has 1 aliphatic rings. The van der Waals surface area contributed by atoms with Crippen molar-refractivity contribution in [1.29, 1.82) is 0 Å². The molecular weight excluding hydrogens is 264 g/mol. The summed E-state index contributed by atoms with van der Waals surface area (Å²) in [5.74, 6) is 0.763. The highest BCUT2D eigenvalue weighted by molar-refractivity contribution is 7.89. The molecule has 1 aromatic carbocycles. The van der Waals surface area contributed by atoms with Gasteiger partial charge in [0.15, 0.2) is 0 Å². The van der Waals surface area contributed by atoms with Crippen molar-refractivity contribution in [3.8, 4) is 0 Å². The molecule has 0 atom stereocenters. The van der Waals surface area contributed by atoms with E-state index >= 15 is 0 Å². The molecule has 0 fully saturated rings. The summed E-state index contributed by atoms with van der Waals surface area (Å²) < 4.78 is 28.4. The van der Waals surface area contributed by atoms with Crippen LogP contribution in [0.15, 0.2) is 41.6 Å². The molecule has 1 aromatic heterocycles. The van der Waals surface area contributed by atoms with Crippen molar-refractivity contribution in [3.63, 3.8) is 0 Å². The van der Waals surface area contributed by atoms with E-state index in [1.807, 2.05) is 10.8 Å². The number of rotatable bonds is 2. The van der Waals surface area contributed by atoms with Crippen molar-refractivity contribution in [2.75, 3.05) is 12.3 Å². The highest BCUT2D eigenvalue weighted by atomic mass is 32.2. The van der Waals surface area contributed by atoms with Crippen LogP contribution in [0.2, 0.25) is 0 Å². The number of hydrogen-bond donors (Lipinski definition) is 1. The minimum absolute atomic E-state index is 0.229. The van der Waals surface area contributed by atoms with Crippen LogP contribution in [0.25, 0.3) is 0 Å². The van der Waals surface area contributed by atoms with Crippen molar-refractivity contribution in [2.45, 2.75) is 18.0 Å². The zero-order chi connectivity index (χ0) is 13.5. The van der Waals surface area contributed by atoms with E-state index in [2.05, 4.69) is 4.98 Å². The second-order valence-corrected chi connectivity index (χ2v) is 6.39. The molecule has 2 aromatic rings. The molecule has 0 aliphatic carbocycles. The van der Waals surface area contributed by atoms with Crippen LogP contribution in [0.3, 0.4) is 0 Å². The lowest BCUT2D eigenvalue weighted by Gasteiger charge is -2.27. The standard InChI is InChI=1S/C12H14N4O2S/c13-10-2-1-3-11(8-10)19(17,18)16-7-6-15-5-4-14-12(15)9-16/h1-5,8H,6-7,9,13H2. The van der Waals surface area contributed by atoms with Gasteiger partial charge in [-0.25, -0.2) is 13.4 Å². The first kappa shape index (κ1) is 12.2. The Morgan fingerprint density at radius 3 is 2.89 bits per heavy atom. The lowest BCUT2D eigenvalue weighted by atomic mass is 10.3. The molecule has 0 bridgehead atoms. The van der Waals surface area contributed by atoms with Gasteiger partial charge in [0.2, 0.25) is 10.0 Å². The monoisotopic (exact) mass is 278 g/mol. The molecule has 1 aliphatic heterocycles. The second-order valence-electron chi connectivity index (χ2n) is 4.45. The van der Waals surface area contributed by atoms with Crippen LogP contribution < -0.4 is 5.73 Å². The van der Waals surface area contributed by atoms with Crippen LogP contribution >= 0.6 is 0 Å². The molecule has 0 saturated carbocycles. The fraction of sp³-hybridized carbons (Fsp3) is 0.250. The van der Waals surface area contributed by atoms with Gasteiger partial charge >= 0.3 is 0 Å². The number of nitrogens with two attached hydrogens (primary N) is 1. The zero-order valence-corrected chi connectivity index (χ0v) is 11.0. The number of fused-ring (bicyclic) bond motifs is 1. The van der Waals surface area contributed by atoms with Gasteiger partial charge in [0.25, 0.3) is 0 Å². The number of benzene rings is 1. The topological polar surface area (TPSA) is 81.2 Å². The first-order valence-corrected chi connectivity index (χ1v) is 7.37. The molecule has 0 radical (unpaired) electrons. The van der Waals surface area contributed by atoms with E-state index in [1.54, 1.807) is 24.4 Å². The average Bonchev–Trinajstić information content (AvgIpc) is 2.85. The maximum Gasteiger partial charge on any atom is 0.243 e. The predicted octanol–water partition coefficient (Wildman–Crippen LogP) is 0.670. The van der Waals surface area contributed by atoms with Gasteiger partial charge in [0.1, 0.15) is 5.82 Å². The number of hydrogen-bond acceptors (Lipinski definition) is 4. The van der Waals surface area contributed by atoms with Gasteiger partial charge in [-0.05, 0) is 18.2 Å². The summed E-state index contributed by atoms with van der Waals surface area (Å²) in [7, 11) is -3.51. The van der Waals surface area contributed by atoms with Gasteiger partial charge in [0, 0.05) is 31.2 Å². The summed E-state index contributed by atoms with van der Waals surface area (Å²) in [5, 5.41) is 0. The third-order valence-electron chi connectivity index (χ3n) is 3.21. The van der Waals surface area contributed by atoms with E-state index in [0.717, 1.165) is 5.82 Å². The molecule has 0 spiro atoms. The van der Waals surface area contributed by atoms with Crippen molar-refractivity contribution in [1.82, 2.24) is 13.9 Å². The van der Waals surface area contributed by atoms with E-state index in [1.165, 1.54) is 10.4 Å². The Balaban J connectivity index is 1.94. The maximum absolute atomic E-state index is 12.5. The summed E-state index contributed by atoms with van der Waals surface area (Å²) in [5.41, 5.74) is 6.09. The lowest BCUT2D eigenvalue weighted by Crippen LogP contribution is -2.38. The second kappa shape index (κ2) is 4.36. The Kier molecular flexibility index (Phi) is 2.79. The number of nitrogen functional groups attached to an aromatic ring is 1. The molecule has 7 heteroatoms. The van der Waals surface area contributed by atoms with Crippen LogP contribution in [0.1, 0.15) is 5.82 Å². The van der Waals surface area contributed by atoms with E-state index in [4.69, 9.17) is 5.73 Å². The Labute approximate surface area is 111 Å². The largest absolute Gasteiger partial charge is 0.399 e. The fourth-order valence-electron chi connectivity index (χ4n) is 2.18. The number of aromatic nitrogens is 2. The number of nitrogens with zero attached hydrogens (tertiary/aromatic N) is 3. The molecule has 100 valence electrons. The Bertz CT molecular complexity index is 708. The SMILES string of the molecule is Nc1cccc(S(=O)(=O)N2CCn3ccnc3C2)c1.